The number of ether oxygens (including phenoxy) is 2. The van der Waals surface area contributed by atoms with Crippen LogP contribution in [0.4, 0.5) is 0 Å². The third kappa shape index (κ3) is 5.15. The van der Waals surface area contributed by atoms with Crippen LogP contribution in [0.1, 0.15) is 11.1 Å². The smallest absolute Gasteiger partial charge is 0.214 e. The highest BCUT2D eigenvalue weighted by Crippen LogP contribution is 2.37. The molecule has 2 N–H and O–H groups in total. The van der Waals surface area contributed by atoms with Crippen molar-refractivity contribution in [1.82, 2.24) is 14.9 Å². The van der Waals surface area contributed by atoms with Gasteiger partial charge in [0.25, 0.3) is 0 Å². The molecule has 1 heterocycles. The Hall–Kier alpha value is -2.81. The number of hydrogen-bond donors (Lipinski definition) is 2. The molecule has 0 spiro atoms. The topological polar surface area (TPSA) is 64.1 Å². The summed E-state index contributed by atoms with van der Waals surface area (Å²) in [6, 6.07) is 21.3. The van der Waals surface area contributed by atoms with E-state index < -0.39 is 0 Å². The Morgan fingerprint density at radius 2 is 1.91 bits per heavy atom. The molecule has 0 amide bonds. The van der Waals surface area contributed by atoms with E-state index >= 15 is 0 Å². The first-order valence-electron chi connectivity index (χ1n) is 9.75. The molecule has 0 saturated carbocycles. The van der Waals surface area contributed by atoms with Gasteiger partial charge in [-0.3, -0.25) is 0 Å². The molecule has 32 heavy (non-hydrogen) atoms. The van der Waals surface area contributed by atoms with E-state index in [1.165, 1.54) is 0 Å². The summed E-state index contributed by atoms with van der Waals surface area (Å²) in [6.07, 6.45) is 0. The largest absolute Gasteiger partial charge is 0.493 e. The van der Waals surface area contributed by atoms with Crippen LogP contribution in [0, 0.1) is 4.77 Å². The summed E-state index contributed by atoms with van der Waals surface area (Å²) in [4.78, 5) is 0. The minimum Gasteiger partial charge on any atom is -0.493 e. The SMILES string of the molecule is COc1cc(CNn2c(-c3ccccc3)n[nH]c2=S)cc(Br)c1OCc1cccc(Cl)c1. The number of halogens is 2. The van der Waals surface area contributed by atoms with Crippen LogP contribution in [-0.2, 0) is 13.2 Å². The number of rotatable bonds is 8. The van der Waals surface area contributed by atoms with E-state index in [1.54, 1.807) is 11.8 Å². The third-order valence-corrected chi connectivity index (χ3v) is 5.81. The predicted molar refractivity (Wildman–Crippen MR) is 132 cm³/mol. The lowest BCUT2D eigenvalue weighted by molar-refractivity contribution is 0.282. The van der Waals surface area contributed by atoms with Gasteiger partial charge in [0.15, 0.2) is 17.3 Å². The summed E-state index contributed by atoms with van der Waals surface area (Å²) in [6.45, 7) is 0.870. The molecule has 9 heteroatoms. The highest BCUT2D eigenvalue weighted by atomic mass is 79.9. The van der Waals surface area contributed by atoms with Crippen LogP contribution in [0.5, 0.6) is 11.5 Å². The Morgan fingerprint density at radius 1 is 1.09 bits per heavy atom. The predicted octanol–water partition coefficient (Wildman–Crippen LogP) is 6.35. The van der Waals surface area contributed by atoms with E-state index in [4.69, 9.17) is 33.3 Å². The molecule has 1 aromatic heterocycles. The number of hydrogen-bond acceptors (Lipinski definition) is 5. The lowest BCUT2D eigenvalue weighted by Crippen LogP contribution is -2.16. The highest BCUT2D eigenvalue weighted by Gasteiger charge is 2.14. The van der Waals surface area contributed by atoms with Gasteiger partial charge in [0, 0.05) is 10.6 Å². The van der Waals surface area contributed by atoms with E-state index in [1.807, 2.05) is 66.7 Å². The van der Waals surface area contributed by atoms with Gasteiger partial charge in [-0.25, -0.2) is 9.77 Å². The Kier molecular flexibility index (Phi) is 7.14. The Balaban J connectivity index is 1.52. The molecular weight excluding hydrogens is 512 g/mol. The van der Waals surface area contributed by atoms with Crippen molar-refractivity contribution in [1.29, 1.82) is 0 Å². The zero-order valence-corrected chi connectivity index (χ0v) is 20.3. The second-order valence-electron chi connectivity index (χ2n) is 6.92. The molecule has 0 aliphatic heterocycles. The van der Waals surface area contributed by atoms with Crippen molar-refractivity contribution in [2.45, 2.75) is 13.2 Å². The lowest BCUT2D eigenvalue weighted by Gasteiger charge is -2.16. The summed E-state index contributed by atoms with van der Waals surface area (Å²) in [7, 11) is 1.62. The first kappa shape index (κ1) is 22.4. The minimum atomic E-state index is 0.373. The zero-order chi connectivity index (χ0) is 22.5. The number of H-pyrrole nitrogens is 1. The molecule has 0 unspecified atom stereocenters. The van der Waals surface area contributed by atoms with Crippen LogP contribution >= 0.6 is 39.7 Å². The van der Waals surface area contributed by atoms with Crippen LogP contribution in [0.2, 0.25) is 5.02 Å². The number of methoxy groups -OCH3 is 1. The summed E-state index contributed by atoms with van der Waals surface area (Å²) < 4.78 is 14.6. The second-order valence-corrected chi connectivity index (χ2v) is 8.59. The van der Waals surface area contributed by atoms with Crippen molar-refractivity contribution in [2.24, 2.45) is 0 Å². The Morgan fingerprint density at radius 3 is 2.66 bits per heavy atom. The van der Waals surface area contributed by atoms with Gasteiger partial charge in [-0.05, 0) is 63.5 Å². The second kappa shape index (κ2) is 10.2. The number of nitrogens with one attached hydrogen (secondary N) is 2. The van der Waals surface area contributed by atoms with E-state index in [0.29, 0.717) is 40.3 Å². The molecular formula is C23H20BrClN4O2S. The van der Waals surface area contributed by atoms with Gasteiger partial charge >= 0.3 is 0 Å². The summed E-state index contributed by atoms with van der Waals surface area (Å²) >= 11 is 15.1. The van der Waals surface area contributed by atoms with E-state index in [0.717, 1.165) is 21.2 Å². The van der Waals surface area contributed by atoms with Crippen LogP contribution in [0.25, 0.3) is 11.4 Å². The van der Waals surface area contributed by atoms with E-state index in [2.05, 4.69) is 31.6 Å². The van der Waals surface area contributed by atoms with Crippen LogP contribution < -0.4 is 14.9 Å². The Bertz CT molecular complexity index is 1280. The molecule has 4 rings (SSSR count). The standard InChI is InChI=1S/C23H20BrClN4O2S/c1-30-20-12-16(11-19(24)21(20)31-14-15-6-5-9-18(25)10-15)13-26-29-22(27-28-23(29)32)17-7-3-2-4-8-17/h2-12,26H,13-14H2,1H3,(H,28,32). The molecule has 6 nitrogen and oxygen atoms in total. The zero-order valence-electron chi connectivity index (χ0n) is 17.1. The minimum absolute atomic E-state index is 0.373. The fourth-order valence-corrected chi connectivity index (χ4v) is 4.21. The maximum absolute atomic E-state index is 6.06. The van der Waals surface area contributed by atoms with Crippen molar-refractivity contribution in [3.05, 3.63) is 92.1 Å². The van der Waals surface area contributed by atoms with Gasteiger partial charge in [0.1, 0.15) is 6.61 Å². The number of nitrogens with zero attached hydrogens (tertiary/aromatic N) is 2. The van der Waals surface area contributed by atoms with Crippen molar-refractivity contribution in [3.8, 4) is 22.9 Å². The van der Waals surface area contributed by atoms with Crippen molar-refractivity contribution < 1.29 is 9.47 Å². The maximum atomic E-state index is 6.06. The number of benzene rings is 3. The van der Waals surface area contributed by atoms with E-state index in [9.17, 15) is 0 Å². The summed E-state index contributed by atoms with van der Waals surface area (Å²) in [5.41, 5.74) is 6.23. The van der Waals surface area contributed by atoms with Crippen LogP contribution in [-0.4, -0.2) is 22.0 Å². The molecule has 164 valence electrons. The normalized spacial score (nSPS) is 10.7. The first-order valence-corrected chi connectivity index (χ1v) is 11.3. The molecule has 0 radical (unpaired) electrons. The average molecular weight is 532 g/mol. The highest BCUT2D eigenvalue weighted by molar-refractivity contribution is 9.10. The lowest BCUT2D eigenvalue weighted by atomic mass is 10.2. The molecule has 4 aromatic rings. The van der Waals surface area contributed by atoms with Crippen LogP contribution in [0.3, 0.4) is 0 Å². The fraction of sp³-hybridized carbons (Fsp3) is 0.130. The van der Waals surface area contributed by atoms with Gasteiger partial charge in [-0.2, -0.15) is 5.10 Å². The summed E-state index contributed by atoms with van der Waals surface area (Å²) in [5.74, 6) is 1.96. The third-order valence-electron chi connectivity index (χ3n) is 4.71. The van der Waals surface area contributed by atoms with Gasteiger partial charge in [0.05, 0.1) is 18.1 Å². The molecule has 0 aliphatic carbocycles. The van der Waals surface area contributed by atoms with Gasteiger partial charge in [0.2, 0.25) is 4.77 Å². The fourth-order valence-electron chi connectivity index (χ4n) is 3.19. The van der Waals surface area contributed by atoms with Gasteiger partial charge in [-0.1, -0.05) is 54.1 Å². The number of aromatic amines is 1. The van der Waals surface area contributed by atoms with Crippen LogP contribution in [0.15, 0.2) is 71.2 Å². The van der Waals surface area contributed by atoms with Crippen molar-refractivity contribution in [3.63, 3.8) is 0 Å². The number of aromatic nitrogens is 3. The monoisotopic (exact) mass is 530 g/mol. The Labute approximate surface area is 204 Å². The average Bonchev–Trinajstić information content (AvgIpc) is 3.17. The first-order chi connectivity index (χ1) is 15.5. The molecule has 0 fully saturated rings. The summed E-state index contributed by atoms with van der Waals surface area (Å²) in [5, 5.41) is 7.86. The molecule has 0 aliphatic rings. The van der Waals surface area contributed by atoms with Gasteiger partial charge in [-0.15, -0.1) is 0 Å². The molecule has 0 saturated heterocycles. The molecule has 0 bridgehead atoms. The van der Waals surface area contributed by atoms with E-state index in [-0.39, 0.29) is 0 Å². The van der Waals surface area contributed by atoms with Crippen molar-refractivity contribution >= 4 is 39.7 Å². The molecule has 3 aromatic carbocycles. The maximum Gasteiger partial charge on any atom is 0.214 e. The van der Waals surface area contributed by atoms with Gasteiger partial charge < -0.3 is 14.9 Å². The quantitative estimate of drug-likeness (QED) is 0.259. The van der Waals surface area contributed by atoms with Crippen molar-refractivity contribution in [2.75, 3.05) is 12.5 Å². The molecule has 0 atom stereocenters.